The number of aromatic nitrogens is 3. The lowest BCUT2D eigenvalue weighted by Crippen LogP contribution is -2.12. The van der Waals surface area contributed by atoms with Gasteiger partial charge in [0.1, 0.15) is 5.82 Å². The van der Waals surface area contributed by atoms with Crippen LogP contribution in [0.25, 0.3) is 5.65 Å². The van der Waals surface area contributed by atoms with E-state index in [1.165, 1.54) is 18.6 Å². The van der Waals surface area contributed by atoms with E-state index in [1.54, 1.807) is 6.07 Å². The number of nitrogens with zero attached hydrogens (tertiary/aromatic N) is 3. The van der Waals surface area contributed by atoms with Gasteiger partial charge in [-0.3, -0.25) is 9.20 Å². The molecule has 2 aromatic rings. The summed E-state index contributed by atoms with van der Waals surface area (Å²) in [6.07, 6.45) is 5.09. The summed E-state index contributed by atoms with van der Waals surface area (Å²) in [5.41, 5.74) is 1.49. The van der Waals surface area contributed by atoms with Crippen LogP contribution in [-0.4, -0.2) is 32.4 Å². The first-order valence-electron chi connectivity index (χ1n) is 5.76. The second-order valence-electron chi connectivity index (χ2n) is 4.28. The molecule has 0 N–H and O–H groups in total. The summed E-state index contributed by atoms with van der Waals surface area (Å²) in [4.78, 5) is 10.8. The van der Waals surface area contributed by atoms with Crippen molar-refractivity contribution in [2.24, 2.45) is 0 Å². The van der Waals surface area contributed by atoms with E-state index in [0.717, 1.165) is 23.5 Å². The quantitative estimate of drug-likeness (QED) is 0.763. The standard InChI is InChI=1S/C12H13N3OS/c16-7-9-3-4-11-13-14-12(15(11)6-9)10-2-1-5-17-8-10/h3-4,6-7,10H,1-2,5,8H2. The Hall–Kier alpha value is -1.36. The molecular formula is C12H13N3OS. The van der Waals surface area contributed by atoms with E-state index in [9.17, 15) is 4.79 Å². The minimum absolute atomic E-state index is 0.464. The molecular weight excluding hydrogens is 234 g/mol. The van der Waals surface area contributed by atoms with Crippen LogP contribution in [0.1, 0.15) is 34.9 Å². The number of carbonyl (C=O) groups is 1. The first-order chi connectivity index (χ1) is 8.38. The van der Waals surface area contributed by atoms with Crippen molar-refractivity contribution in [3.63, 3.8) is 0 Å². The zero-order valence-corrected chi connectivity index (χ0v) is 10.2. The van der Waals surface area contributed by atoms with Gasteiger partial charge in [-0.05, 0) is 30.7 Å². The molecule has 1 atom stereocenters. The van der Waals surface area contributed by atoms with Crippen LogP contribution in [0.5, 0.6) is 0 Å². The fraction of sp³-hybridized carbons (Fsp3) is 0.417. The molecule has 1 aliphatic heterocycles. The van der Waals surface area contributed by atoms with Crippen molar-refractivity contribution in [2.75, 3.05) is 11.5 Å². The largest absolute Gasteiger partial charge is 0.298 e. The second kappa shape index (κ2) is 4.49. The van der Waals surface area contributed by atoms with E-state index in [2.05, 4.69) is 10.2 Å². The Morgan fingerprint density at radius 3 is 3.12 bits per heavy atom. The van der Waals surface area contributed by atoms with Crippen LogP contribution < -0.4 is 0 Å². The predicted octanol–water partition coefficient (Wildman–Crippen LogP) is 2.15. The maximum atomic E-state index is 10.8. The van der Waals surface area contributed by atoms with Crippen molar-refractivity contribution in [1.82, 2.24) is 14.6 Å². The summed E-state index contributed by atoms with van der Waals surface area (Å²) in [7, 11) is 0. The van der Waals surface area contributed by atoms with Crippen LogP contribution in [0.2, 0.25) is 0 Å². The molecule has 3 heterocycles. The van der Waals surface area contributed by atoms with Crippen LogP contribution in [0.4, 0.5) is 0 Å². The van der Waals surface area contributed by atoms with E-state index >= 15 is 0 Å². The monoisotopic (exact) mass is 247 g/mol. The smallest absolute Gasteiger partial charge is 0.160 e. The van der Waals surface area contributed by atoms with E-state index < -0.39 is 0 Å². The molecule has 4 nitrogen and oxygen atoms in total. The zero-order chi connectivity index (χ0) is 11.7. The van der Waals surface area contributed by atoms with E-state index in [-0.39, 0.29) is 0 Å². The topological polar surface area (TPSA) is 47.3 Å². The zero-order valence-electron chi connectivity index (χ0n) is 9.37. The molecule has 0 aliphatic carbocycles. The number of hydrogen-bond acceptors (Lipinski definition) is 4. The van der Waals surface area contributed by atoms with Gasteiger partial charge >= 0.3 is 0 Å². The molecule has 0 bridgehead atoms. The first kappa shape index (κ1) is 10.8. The van der Waals surface area contributed by atoms with Crippen molar-refractivity contribution in [3.8, 4) is 0 Å². The van der Waals surface area contributed by atoms with Gasteiger partial charge in [-0.1, -0.05) is 0 Å². The van der Waals surface area contributed by atoms with Gasteiger partial charge in [-0.25, -0.2) is 0 Å². The van der Waals surface area contributed by atoms with Gasteiger partial charge in [0.05, 0.1) is 0 Å². The average molecular weight is 247 g/mol. The predicted molar refractivity (Wildman–Crippen MR) is 67.7 cm³/mol. The Balaban J connectivity index is 2.05. The molecule has 88 valence electrons. The van der Waals surface area contributed by atoms with E-state index in [1.807, 2.05) is 28.4 Å². The minimum atomic E-state index is 0.464. The van der Waals surface area contributed by atoms with Gasteiger partial charge in [0, 0.05) is 23.4 Å². The molecule has 1 unspecified atom stereocenters. The lowest BCUT2D eigenvalue weighted by molar-refractivity contribution is 0.112. The Morgan fingerprint density at radius 2 is 2.35 bits per heavy atom. The van der Waals surface area contributed by atoms with Crippen molar-refractivity contribution in [3.05, 3.63) is 29.7 Å². The highest BCUT2D eigenvalue weighted by molar-refractivity contribution is 7.99. The molecule has 1 fully saturated rings. The summed E-state index contributed by atoms with van der Waals surface area (Å²) in [5.74, 6) is 3.81. The summed E-state index contributed by atoms with van der Waals surface area (Å²) in [5, 5.41) is 8.44. The third-order valence-electron chi connectivity index (χ3n) is 3.11. The number of hydrogen-bond donors (Lipinski definition) is 0. The van der Waals surface area contributed by atoms with Crippen molar-refractivity contribution < 1.29 is 4.79 Å². The average Bonchev–Trinajstić information content (AvgIpc) is 2.82. The first-order valence-corrected chi connectivity index (χ1v) is 6.91. The number of pyridine rings is 1. The summed E-state index contributed by atoms with van der Waals surface area (Å²) >= 11 is 1.97. The Labute approximate surface area is 103 Å². The SMILES string of the molecule is O=Cc1ccc2nnc(C3CCCSC3)n2c1. The van der Waals surface area contributed by atoms with Crippen LogP contribution >= 0.6 is 11.8 Å². The van der Waals surface area contributed by atoms with Crippen molar-refractivity contribution in [2.45, 2.75) is 18.8 Å². The van der Waals surface area contributed by atoms with Gasteiger partial charge in [-0.2, -0.15) is 11.8 Å². The van der Waals surface area contributed by atoms with Gasteiger partial charge < -0.3 is 0 Å². The molecule has 0 saturated carbocycles. The molecule has 1 aliphatic rings. The van der Waals surface area contributed by atoms with E-state index in [4.69, 9.17) is 0 Å². The fourth-order valence-electron chi connectivity index (χ4n) is 2.22. The van der Waals surface area contributed by atoms with Crippen LogP contribution in [0, 0.1) is 0 Å². The van der Waals surface area contributed by atoms with E-state index in [0.29, 0.717) is 11.5 Å². The molecule has 2 aromatic heterocycles. The molecule has 0 amide bonds. The summed E-state index contributed by atoms with van der Waals surface area (Å²) in [6.45, 7) is 0. The van der Waals surface area contributed by atoms with Crippen LogP contribution in [0.15, 0.2) is 18.3 Å². The van der Waals surface area contributed by atoms with Gasteiger partial charge in [0.2, 0.25) is 0 Å². The number of thioether (sulfide) groups is 1. The molecule has 0 spiro atoms. The highest BCUT2D eigenvalue weighted by Crippen LogP contribution is 2.30. The summed E-state index contributed by atoms with van der Waals surface area (Å²) in [6, 6.07) is 3.62. The number of carbonyl (C=O) groups excluding carboxylic acids is 1. The Morgan fingerprint density at radius 1 is 1.41 bits per heavy atom. The Kier molecular flexibility index (Phi) is 2.84. The maximum Gasteiger partial charge on any atom is 0.160 e. The van der Waals surface area contributed by atoms with Crippen LogP contribution in [-0.2, 0) is 0 Å². The molecule has 1 saturated heterocycles. The number of fused-ring (bicyclic) bond motifs is 1. The third-order valence-corrected chi connectivity index (χ3v) is 4.33. The fourth-order valence-corrected chi connectivity index (χ4v) is 3.36. The molecule has 0 aromatic carbocycles. The second-order valence-corrected chi connectivity index (χ2v) is 5.43. The van der Waals surface area contributed by atoms with Crippen LogP contribution in [0.3, 0.4) is 0 Å². The summed E-state index contributed by atoms with van der Waals surface area (Å²) < 4.78 is 1.96. The lowest BCUT2D eigenvalue weighted by atomic mass is 10.0. The highest BCUT2D eigenvalue weighted by Gasteiger charge is 2.21. The van der Waals surface area contributed by atoms with Crippen molar-refractivity contribution >= 4 is 23.7 Å². The lowest BCUT2D eigenvalue weighted by Gasteiger charge is -2.19. The highest BCUT2D eigenvalue weighted by atomic mass is 32.2. The molecule has 3 rings (SSSR count). The molecule has 0 radical (unpaired) electrons. The number of rotatable bonds is 2. The third kappa shape index (κ3) is 1.95. The molecule has 5 heteroatoms. The normalized spacial score (nSPS) is 20.6. The maximum absolute atomic E-state index is 10.8. The molecule has 17 heavy (non-hydrogen) atoms. The Bertz CT molecular complexity index is 546. The number of aldehydes is 1. The minimum Gasteiger partial charge on any atom is -0.298 e. The van der Waals surface area contributed by atoms with Gasteiger partial charge in [0.15, 0.2) is 11.9 Å². The van der Waals surface area contributed by atoms with Gasteiger partial charge in [-0.15, -0.1) is 10.2 Å². The van der Waals surface area contributed by atoms with Crippen molar-refractivity contribution in [1.29, 1.82) is 0 Å². The van der Waals surface area contributed by atoms with Gasteiger partial charge in [0.25, 0.3) is 0 Å².